The highest BCUT2D eigenvalue weighted by molar-refractivity contribution is 8.00. The zero-order valence-corrected chi connectivity index (χ0v) is 17.7. The molecular formula is C21H36N2O3S. The van der Waals surface area contributed by atoms with Crippen LogP contribution < -0.4 is 0 Å². The lowest BCUT2D eigenvalue weighted by molar-refractivity contribution is 0.0685. The molecule has 0 aliphatic heterocycles. The van der Waals surface area contributed by atoms with Crippen molar-refractivity contribution in [3.8, 4) is 0 Å². The molecule has 6 heteroatoms. The summed E-state index contributed by atoms with van der Waals surface area (Å²) in [5.41, 5.74) is 0.156. The topological polar surface area (TPSA) is 75.3 Å². The van der Waals surface area contributed by atoms with Gasteiger partial charge < -0.3 is 14.8 Å². The quantitative estimate of drug-likeness (QED) is 0.221. The van der Waals surface area contributed by atoms with Crippen LogP contribution in [0.25, 0.3) is 0 Å². The van der Waals surface area contributed by atoms with Gasteiger partial charge in [-0.25, -0.2) is 9.78 Å². The third-order valence-electron chi connectivity index (χ3n) is 4.68. The number of rotatable bonds is 16. The van der Waals surface area contributed by atoms with E-state index in [0.29, 0.717) is 5.16 Å². The number of aliphatic hydroxyl groups excluding tert-OH is 1. The second-order valence-corrected chi connectivity index (χ2v) is 8.23. The highest BCUT2D eigenvalue weighted by Crippen LogP contribution is 2.23. The van der Waals surface area contributed by atoms with Gasteiger partial charge in [0.05, 0.1) is 18.1 Å². The Morgan fingerprint density at radius 3 is 2.26 bits per heavy atom. The van der Waals surface area contributed by atoms with E-state index in [1.165, 1.54) is 82.2 Å². The first-order chi connectivity index (χ1) is 13.1. The van der Waals surface area contributed by atoms with Crippen LogP contribution in [-0.4, -0.2) is 37.6 Å². The van der Waals surface area contributed by atoms with Crippen LogP contribution in [0.5, 0.6) is 0 Å². The first-order valence-electron chi connectivity index (χ1n) is 10.3. The molecule has 1 aromatic rings. The van der Waals surface area contributed by atoms with Gasteiger partial charge in [0, 0.05) is 7.05 Å². The van der Waals surface area contributed by atoms with E-state index in [1.807, 2.05) is 6.08 Å². The maximum absolute atomic E-state index is 11.1. The zero-order chi connectivity index (χ0) is 19.9. The average Bonchev–Trinajstić information content (AvgIpc) is 3.02. The summed E-state index contributed by atoms with van der Waals surface area (Å²) in [7, 11) is 1.68. The highest BCUT2D eigenvalue weighted by atomic mass is 32.2. The van der Waals surface area contributed by atoms with Gasteiger partial charge in [-0.2, -0.15) is 0 Å². The van der Waals surface area contributed by atoms with Crippen LogP contribution in [0.1, 0.15) is 88.0 Å². The summed E-state index contributed by atoms with van der Waals surface area (Å²) in [6, 6.07) is 0. The Labute approximate surface area is 168 Å². The van der Waals surface area contributed by atoms with Crippen molar-refractivity contribution < 1.29 is 15.0 Å². The largest absolute Gasteiger partial charge is 0.477 e. The average molecular weight is 397 g/mol. The van der Waals surface area contributed by atoms with Crippen molar-refractivity contribution in [1.82, 2.24) is 9.55 Å². The van der Waals surface area contributed by atoms with Crippen LogP contribution >= 0.6 is 11.8 Å². The van der Waals surface area contributed by atoms with Crippen molar-refractivity contribution in [2.75, 3.05) is 6.61 Å². The molecular weight excluding hydrogens is 360 g/mol. The monoisotopic (exact) mass is 396 g/mol. The standard InChI is InChI=1S/C21H36N2O3S/c1-3-4-5-6-7-8-9-10-11-12-13-14-15-18(17-24)27-21-22-16-19(20(25)26)23(21)2/h14-16,18,24H,3-13,17H2,1-2H3,(H,25,26). The lowest BCUT2D eigenvalue weighted by atomic mass is 10.1. The highest BCUT2D eigenvalue weighted by Gasteiger charge is 2.15. The minimum atomic E-state index is -0.992. The third-order valence-corrected chi connectivity index (χ3v) is 5.88. The number of unbranched alkanes of at least 4 members (excludes halogenated alkanes) is 10. The van der Waals surface area contributed by atoms with Crippen molar-refractivity contribution in [1.29, 1.82) is 0 Å². The van der Waals surface area contributed by atoms with E-state index in [4.69, 9.17) is 5.11 Å². The molecule has 27 heavy (non-hydrogen) atoms. The van der Waals surface area contributed by atoms with Crippen molar-refractivity contribution in [3.05, 3.63) is 24.0 Å². The summed E-state index contributed by atoms with van der Waals surface area (Å²) in [4.78, 5) is 15.2. The molecule has 0 aliphatic rings. The normalized spacial score (nSPS) is 12.7. The van der Waals surface area contributed by atoms with E-state index < -0.39 is 5.97 Å². The minimum absolute atomic E-state index is 0.00840. The molecule has 0 amide bonds. The molecule has 1 aromatic heterocycles. The van der Waals surface area contributed by atoms with Crippen molar-refractivity contribution >= 4 is 17.7 Å². The molecule has 0 fully saturated rings. The van der Waals surface area contributed by atoms with Crippen LogP contribution in [0.4, 0.5) is 0 Å². The Balaban J connectivity index is 2.15. The lowest BCUT2D eigenvalue weighted by Crippen LogP contribution is -2.09. The Morgan fingerprint density at radius 1 is 1.15 bits per heavy atom. The van der Waals surface area contributed by atoms with Gasteiger partial charge in [0.25, 0.3) is 0 Å². The molecule has 5 nitrogen and oxygen atoms in total. The Bertz CT molecular complexity index is 558. The molecule has 0 spiro atoms. The number of aromatic nitrogens is 2. The van der Waals surface area contributed by atoms with E-state index in [2.05, 4.69) is 18.0 Å². The molecule has 0 saturated heterocycles. The summed E-state index contributed by atoms with van der Waals surface area (Å²) in [5.74, 6) is -0.992. The van der Waals surface area contributed by atoms with Gasteiger partial charge in [-0.1, -0.05) is 88.6 Å². The summed E-state index contributed by atoms with van der Waals surface area (Å²) in [6.07, 6.45) is 19.8. The van der Waals surface area contributed by atoms with E-state index in [0.717, 1.165) is 6.42 Å². The first kappa shape index (κ1) is 23.8. The second kappa shape index (κ2) is 14.7. The number of thioether (sulfide) groups is 1. The number of hydrogen-bond acceptors (Lipinski definition) is 4. The lowest BCUT2D eigenvalue weighted by Gasteiger charge is -2.09. The number of imidazole rings is 1. The van der Waals surface area contributed by atoms with Crippen LogP contribution in [0, 0.1) is 0 Å². The zero-order valence-electron chi connectivity index (χ0n) is 16.9. The molecule has 1 unspecified atom stereocenters. The molecule has 0 bridgehead atoms. The number of hydrogen-bond donors (Lipinski definition) is 2. The molecule has 0 saturated carbocycles. The molecule has 0 aliphatic carbocycles. The van der Waals surface area contributed by atoms with Gasteiger partial charge in [-0.05, 0) is 12.8 Å². The fraction of sp³-hybridized carbons (Fsp3) is 0.714. The smallest absolute Gasteiger partial charge is 0.354 e. The van der Waals surface area contributed by atoms with Crippen LogP contribution in [0.2, 0.25) is 0 Å². The van der Waals surface area contributed by atoms with Crippen LogP contribution in [-0.2, 0) is 7.05 Å². The minimum Gasteiger partial charge on any atom is -0.477 e. The number of aliphatic hydroxyl groups is 1. The fourth-order valence-corrected chi connectivity index (χ4v) is 3.88. The predicted octanol–water partition coefficient (Wildman–Crippen LogP) is 5.44. The van der Waals surface area contributed by atoms with Crippen LogP contribution in [0.15, 0.2) is 23.5 Å². The molecule has 1 heterocycles. The molecule has 2 N–H and O–H groups in total. The van der Waals surface area contributed by atoms with E-state index >= 15 is 0 Å². The number of allylic oxidation sites excluding steroid dienone is 1. The molecule has 154 valence electrons. The van der Waals surface area contributed by atoms with E-state index in [1.54, 1.807) is 11.6 Å². The molecule has 1 rings (SSSR count). The van der Waals surface area contributed by atoms with Crippen molar-refractivity contribution in [3.63, 3.8) is 0 Å². The van der Waals surface area contributed by atoms with E-state index in [-0.39, 0.29) is 17.6 Å². The number of carboxylic acids is 1. The summed E-state index contributed by atoms with van der Waals surface area (Å²) in [6.45, 7) is 2.26. The van der Waals surface area contributed by atoms with Gasteiger partial charge in [-0.3, -0.25) is 0 Å². The number of carboxylic acid groups (broad SMARTS) is 1. The van der Waals surface area contributed by atoms with Gasteiger partial charge in [0.1, 0.15) is 5.69 Å². The second-order valence-electron chi connectivity index (χ2n) is 7.03. The van der Waals surface area contributed by atoms with Gasteiger partial charge >= 0.3 is 5.97 Å². The third kappa shape index (κ3) is 10.0. The van der Waals surface area contributed by atoms with Crippen molar-refractivity contribution in [2.24, 2.45) is 7.05 Å². The first-order valence-corrected chi connectivity index (χ1v) is 11.2. The van der Waals surface area contributed by atoms with Crippen LogP contribution in [0.3, 0.4) is 0 Å². The Morgan fingerprint density at radius 2 is 1.74 bits per heavy atom. The summed E-state index contributed by atoms with van der Waals surface area (Å²) >= 11 is 1.39. The maximum atomic E-state index is 11.1. The number of carbonyl (C=O) groups is 1. The SMILES string of the molecule is CCCCCCCCCCCCC=CC(CO)Sc1ncc(C(=O)O)n1C. The van der Waals surface area contributed by atoms with Gasteiger partial charge in [-0.15, -0.1) is 0 Å². The van der Waals surface area contributed by atoms with Crippen molar-refractivity contribution in [2.45, 2.75) is 88.0 Å². The number of aromatic carboxylic acids is 1. The van der Waals surface area contributed by atoms with E-state index in [9.17, 15) is 9.90 Å². The molecule has 0 radical (unpaired) electrons. The predicted molar refractivity (Wildman–Crippen MR) is 112 cm³/mol. The fourth-order valence-electron chi connectivity index (χ4n) is 2.97. The number of nitrogens with zero attached hydrogens (tertiary/aromatic N) is 2. The Hall–Kier alpha value is -1.27. The maximum Gasteiger partial charge on any atom is 0.354 e. The molecule has 1 atom stereocenters. The summed E-state index contributed by atoms with van der Waals surface area (Å²) in [5, 5.41) is 19.1. The van der Waals surface area contributed by atoms with Gasteiger partial charge in [0.2, 0.25) is 0 Å². The summed E-state index contributed by atoms with van der Waals surface area (Å²) < 4.78 is 1.55. The Kier molecular flexibility index (Phi) is 13.0. The van der Waals surface area contributed by atoms with Gasteiger partial charge in [0.15, 0.2) is 5.16 Å². The molecule has 0 aromatic carbocycles.